The molecule has 2 heterocycles. The fourth-order valence-electron chi connectivity index (χ4n) is 3.68. The van der Waals surface area contributed by atoms with Gasteiger partial charge < -0.3 is 5.32 Å². The van der Waals surface area contributed by atoms with Crippen LogP contribution in [0.2, 0.25) is 5.02 Å². The molecule has 0 aromatic heterocycles. The van der Waals surface area contributed by atoms with Gasteiger partial charge in [-0.25, -0.2) is 0 Å². The molecule has 2 atom stereocenters. The summed E-state index contributed by atoms with van der Waals surface area (Å²) in [5.74, 6) is 0. The maximum absolute atomic E-state index is 6.26. The summed E-state index contributed by atoms with van der Waals surface area (Å²) < 4.78 is 0. The van der Waals surface area contributed by atoms with Gasteiger partial charge in [0, 0.05) is 23.7 Å². The maximum atomic E-state index is 6.26. The highest BCUT2D eigenvalue weighted by Gasteiger charge is 2.31. The molecule has 3 heteroatoms. The molecule has 2 fully saturated rings. The molecular formula is C17H25ClN2. The summed E-state index contributed by atoms with van der Waals surface area (Å²) in [6.45, 7) is 5.54. The minimum absolute atomic E-state index is 0.705. The van der Waals surface area contributed by atoms with Crippen molar-refractivity contribution < 1.29 is 0 Å². The molecule has 20 heavy (non-hydrogen) atoms. The van der Waals surface area contributed by atoms with Gasteiger partial charge in [-0.05, 0) is 62.9 Å². The van der Waals surface area contributed by atoms with Crippen LogP contribution in [0.25, 0.3) is 0 Å². The van der Waals surface area contributed by atoms with E-state index in [0.717, 1.165) is 11.6 Å². The number of aryl methyl sites for hydroxylation is 1. The SMILES string of the molecule is Cc1ccc(CN2CCCCC2C2CCCN2)cc1Cl. The predicted octanol–water partition coefficient (Wildman–Crippen LogP) is 3.75. The molecule has 2 nitrogen and oxygen atoms in total. The lowest BCUT2D eigenvalue weighted by Gasteiger charge is -2.39. The molecule has 0 aliphatic carbocycles. The van der Waals surface area contributed by atoms with E-state index in [9.17, 15) is 0 Å². The third-order valence-electron chi connectivity index (χ3n) is 4.85. The Labute approximate surface area is 127 Å². The van der Waals surface area contributed by atoms with Gasteiger partial charge in [-0.3, -0.25) is 4.90 Å². The Morgan fingerprint density at radius 3 is 2.90 bits per heavy atom. The van der Waals surface area contributed by atoms with Crippen LogP contribution in [0.4, 0.5) is 0 Å². The number of rotatable bonds is 3. The minimum Gasteiger partial charge on any atom is -0.312 e. The summed E-state index contributed by atoms with van der Waals surface area (Å²) in [7, 11) is 0. The molecular weight excluding hydrogens is 268 g/mol. The van der Waals surface area contributed by atoms with Crippen molar-refractivity contribution in [2.45, 2.75) is 57.7 Å². The first-order chi connectivity index (χ1) is 9.74. The highest BCUT2D eigenvalue weighted by Crippen LogP contribution is 2.26. The van der Waals surface area contributed by atoms with Crippen LogP contribution in [0.3, 0.4) is 0 Å². The van der Waals surface area contributed by atoms with Crippen LogP contribution in [0.15, 0.2) is 18.2 Å². The molecule has 2 unspecified atom stereocenters. The average Bonchev–Trinajstić information content (AvgIpc) is 2.97. The molecule has 0 saturated carbocycles. The van der Waals surface area contributed by atoms with Crippen molar-refractivity contribution in [3.05, 3.63) is 34.3 Å². The van der Waals surface area contributed by atoms with Crippen molar-refractivity contribution in [3.63, 3.8) is 0 Å². The van der Waals surface area contributed by atoms with Gasteiger partial charge >= 0.3 is 0 Å². The molecule has 0 radical (unpaired) electrons. The maximum Gasteiger partial charge on any atom is 0.0438 e. The summed E-state index contributed by atoms with van der Waals surface area (Å²) in [4.78, 5) is 2.67. The molecule has 1 N–H and O–H groups in total. The summed E-state index contributed by atoms with van der Waals surface area (Å²) in [6.07, 6.45) is 6.75. The first kappa shape index (κ1) is 14.4. The topological polar surface area (TPSA) is 15.3 Å². The molecule has 0 bridgehead atoms. The third-order valence-corrected chi connectivity index (χ3v) is 5.26. The van der Waals surface area contributed by atoms with E-state index in [1.807, 2.05) is 0 Å². The smallest absolute Gasteiger partial charge is 0.0438 e. The standard InChI is InChI=1S/C17H25ClN2/c1-13-7-8-14(11-15(13)18)12-20-10-3-2-6-17(20)16-5-4-9-19-16/h7-8,11,16-17,19H,2-6,9-10,12H2,1H3. The Bertz CT molecular complexity index is 454. The van der Waals surface area contributed by atoms with Crippen molar-refractivity contribution in [3.8, 4) is 0 Å². The van der Waals surface area contributed by atoms with Gasteiger partial charge in [0.1, 0.15) is 0 Å². The highest BCUT2D eigenvalue weighted by atomic mass is 35.5. The highest BCUT2D eigenvalue weighted by molar-refractivity contribution is 6.31. The van der Waals surface area contributed by atoms with E-state index in [-0.39, 0.29) is 0 Å². The lowest BCUT2D eigenvalue weighted by Crippen LogP contribution is -2.49. The van der Waals surface area contributed by atoms with Gasteiger partial charge in [-0.15, -0.1) is 0 Å². The van der Waals surface area contributed by atoms with Crippen LogP contribution < -0.4 is 5.32 Å². The van der Waals surface area contributed by atoms with Crippen LogP contribution in [0.1, 0.15) is 43.2 Å². The van der Waals surface area contributed by atoms with E-state index in [1.54, 1.807) is 0 Å². The minimum atomic E-state index is 0.705. The second kappa shape index (κ2) is 6.46. The van der Waals surface area contributed by atoms with Crippen molar-refractivity contribution in [1.82, 2.24) is 10.2 Å². The monoisotopic (exact) mass is 292 g/mol. The normalized spacial score (nSPS) is 27.9. The van der Waals surface area contributed by atoms with Crippen molar-refractivity contribution in [2.75, 3.05) is 13.1 Å². The number of likely N-dealkylation sites (tertiary alicyclic amines) is 1. The molecule has 2 aliphatic heterocycles. The summed E-state index contributed by atoms with van der Waals surface area (Å²) in [5, 5.41) is 4.59. The van der Waals surface area contributed by atoms with E-state index >= 15 is 0 Å². The fraction of sp³-hybridized carbons (Fsp3) is 0.647. The number of piperidine rings is 1. The zero-order chi connectivity index (χ0) is 13.9. The Morgan fingerprint density at radius 1 is 1.25 bits per heavy atom. The fourth-order valence-corrected chi connectivity index (χ4v) is 3.88. The number of hydrogen-bond donors (Lipinski definition) is 1. The van der Waals surface area contributed by atoms with Crippen LogP contribution in [0, 0.1) is 6.92 Å². The molecule has 2 saturated heterocycles. The molecule has 1 aromatic rings. The number of nitrogens with zero attached hydrogens (tertiary/aromatic N) is 1. The molecule has 110 valence electrons. The van der Waals surface area contributed by atoms with E-state index < -0.39 is 0 Å². The van der Waals surface area contributed by atoms with Gasteiger partial charge in [0.25, 0.3) is 0 Å². The average molecular weight is 293 g/mol. The third kappa shape index (κ3) is 3.19. The molecule has 3 rings (SSSR count). The van der Waals surface area contributed by atoms with E-state index in [0.29, 0.717) is 12.1 Å². The summed E-state index contributed by atoms with van der Waals surface area (Å²) in [6, 6.07) is 7.94. The van der Waals surface area contributed by atoms with Crippen molar-refractivity contribution in [1.29, 1.82) is 0 Å². The van der Waals surface area contributed by atoms with Crippen LogP contribution in [0.5, 0.6) is 0 Å². The first-order valence-electron chi connectivity index (χ1n) is 7.96. The largest absolute Gasteiger partial charge is 0.312 e. The Balaban J connectivity index is 1.71. The van der Waals surface area contributed by atoms with Crippen LogP contribution >= 0.6 is 11.6 Å². The summed E-state index contributed by atoms with van der Waals surface area (Å²) >= 11 is 6.26. The van der Waals surface area contributed by atoms with Gasteiger partial charge in [0.2, 0.25) is 0 Å². The van der Waals surface area contributed by atoms with E-state index in [4.69, 9.17) is 11.6 Å². The van der Waals surface area contributed by atoms with E-state index in [1.165, 1.54) is 56.3 Å². The zero-order valence-electron chi connectivity index (χ0n) is 12.4. The molecule has 0 spiro atoms. The predicted molar refractivity (Wildman–Crippen MR) is 85.3 cm³/mol. The van der Waals surface area contributed by atoms with Gasteiger partial charge in [-0.1, -0.05) is 30.2 Å². The van der Waals surface area contributed by atoms with Crippen LogP contribution in [-0.4, -0.2) is 30.1 Å². The number of nitrogens with one attached hydrogen (secondary N) is 1. The van der Waals surface area contributed by atoms with Gasteiger partial charge in [-0.2, -0.15) is 0 Å². The number of halogens is 1. The van der Waals surface area contributed by atoms with Crippen molar-refractivity contribution >= 4 is 11.6 Å². The molecule has 1 aromatic carbocycles. The number of benzene rings is 1. The Kier molecular flexibility index (Phi) is 4.65. The Hall–Kier alpha value is -0.570. The molecule has 2 aliphatic rings. The van der Waals surface area contributed by atoms with E-state index in [2.05, 4.69) is 35.3 Å². The summed E-state index contributed by atoms with van der Waals surface area (Å²) in [5.41, 5.74) is 2.52. The lowest BCUT2D eigenvalue weighted by atomic mass is 9.94. The molecule has 0 amide bonds. The second-order valence-electron chi connectivity index (χ2n) is 6.32. The van der Waals surface area contributed by atoms with Crippen molar-refractivity contribution in [2.24, 2.45) is 0 Å². The van der Waals surface area contributed by atoms with Crippen LogP contribution in [-0.2, 0) is 6.54 Å². The first-order valence-corrected chi connectivity index (χ1v) is 8.34. The lowest BCUT2D eigenvalue weighted by molar-refractivity contribution is 0.112. The van der Waals surface area contributed by atoms with Gasteiger partial charge in [0.15, 0.2) is 0 Å². The Morgan fingerprint density at radius 2 is 2.15 bits per heavy atom. The second-order valence-corrected chi connectivity index (χ2v) is 6.73. The zero-order valence-corrected chi connectivity index (χ0v) is 13.1. The van der Waals surface area contributed by atoms with Gasteiger partial charge in [0.05, 0.1) is 0 Å². The number of hydrogen-bond acceptors (Lipinski definition) is 2. The quantitative estimate of drug-likeness (QED) is 0.913.